The van der Waals surface area contributed by atoms with Gasteiger partial charge in [0.25, 0.3) is 5.91 Å². The molecular weight excluding hydrogens is 466 g/mol. The van der Waals surface area contributed by atoms with Crippen molar-refractivity contribution in [1.29, 1.82) is 0 Å². The minimum Gasteiger partial charge on any atom is -0.279 e. The normalized spacial score (nSPS) is 11.4. The summed E-state index contributed by atoms with van der Waals surface area (Å²) < 4.78 is 41.5. The molecule has 0 aliphatic carbocycles. The zero-order valence-corrected chi connectivity index (χ0v) is 18.4. The van der Waals surface area contributed by atoms with Crippen molar-refractivity contribution in [2.45, 2.75) is 13.1 Å². The molecule has 0 saturated heterocycles. The summed E-state index contributed by atoms with van der Waals surface area (Å²) in [4.78, 5) is 12.6. The van der Waals surface area contributed by atoms with E-state index in [4.69, 9.17) is 23.2 Å². The van der Waals surface area contributed by atoms with Crippen LogP contribution in [-0.2, 0) is 17.7 Å². The molecule has 0 bridgehead atoms. The molecule has 0 saturated carbocycles. The summed E-state index contributed by atoms with van der Waals surface area (Å²) in [5, 5.41) is 8.50. The summed E-state index contributed by atoms with van der Waals surface area (Å²) in [6.07, 6.45) is 0. The molecule has 0 radical (unpaired) electrons. The molecule has 0 aliphatic rings. The molecule has 0 unspecified atom stereocenters. The first kappa shape index (κ1) is 23.4. The van der Waals surface area contributed by atoms with E-state index in [1.807, 2.05) is 0 Å². The van der Waals surface area contributed by atoms with Crippen molar-refractivity contribution in [3.05, 3.63) is 105 Å². The van der Waals surface area contributed by atoms with Crippen LogP contribution in [0.1, 0.15) is 21.5 Å². The number of hydrogen-bond donors (Lipinski definition) is 3. The van der Waals surface area contributed by atoms with Gasteiger partial charge in [-0.15, -0.1) is 0 Å². The summed E-state index contributed by atoms with van der Waals surface area (Å²) in [5.41, 5.74) is 0.410. The average Bonchev–Trinajstić information content (AvgIpc) is 2.72. The fourth-order valence-corrected chi connectivity index (χ4v) is 4.58. The first-order chi connectivity index (χ1) is 14.8. The van der Waals surface area contributed by atoms with E-state index in [0.29, 0.717) is 21.2 Å². The Morgan fingerprint density at radius 3 is 1.68 bits per heavy atom. The van der Waals surface area contributed by atoms with Crippen LogP contribution in [0.2, 0.25) is 10.0 Å². The van der Waals surface area contributed by atoms with Crippen LogP contribution in [0.15, 0.2) is 66.7 Å². The number of benzene rings is 3. The molecule has 0 atom stereocenters. The fourth-order valence-electron chi connectivity index (χ4n) is 2.73. The molecule has 3 aromatic carbocycles. The quantitative estimate of drug-likeness (QED) is 0.360. The van der Waals surface area contributed by atoms with Crippen molar-refractivity contribution in [3.8, 4) is 0 Å². The lowest BCUT2D eigenvalue weighted by Crippen LogP contribution is -2.36. The molecule has 31 heavy (non-hydrogen) atoms. The summed E-state index contributed by atoms with van der Waals surface area (Å²) in [7, 11) is -3.90. The molecule has 1 amide bonds. The summed E-state index contributed by atoms with van der Waals surface area (Å²) in [5.74, 6) is -3.31. The lowest BCUT2D eigenvalue weighted by atomic mass is 10.2. The Bertz CT molecular complexity index is 1070. The highest BCUT2D eigenvalue weighted by Crippen LogP contribution is 2.34. The highest BCUT2D eigenvalue weighted by molar-refractivity contribution is 7.58. The summed E-state index contributed by atoms with van der Waals surface area (Å²) >= 11 is 12.3. The number of carbonyl (C=O) groups is 1. The zero-order chi connectivity index (χ0) is 22.4. The second-order valence-corrected chi connectivity index (χ2v) is 9.39. The molecule has 0 heterocycles. The van der Waals surface area contributed by atoms with E-state index in [2.05, 4.69) is 15.3 Å². The Hall–Kier alpha value is -2.28. The van der Waals surface area contributed by atoms with Crippen molar-refractivity contribution < 1.29 is 18.1 Å². The number of amides is 1. The van der Waals surface area contributed by atoms with Crippen LogP contribution in [0.3, 0.4) is 0 Å². The maximum atomic E-state index is 14.0. The zero-order valence-electron chi connectivity index (χ0n) is 16.0. The van der Waals surface area contributed by atoms with Crippen LogP contribution in [0.4, 0.5) is 8.78 Å². The minimum absolute atomic E-state index is 0.0203. The van der Waals surface area contributed by atoms with Gasteiger partial charge in [0.2, 0.25) is 0 Å². The second-order valence-electron chi connectivity index (χ2n) is 6.50. The van der Waals surface area contributed by atoms with E-state index in [1.54, 1.807) is 48.5 Å². The first-order valence-electron chi connectivity index (χ1n) is 9.13. The maximum absolute atomic E-state index is 14.0. The van der Waals surface area contributed by atoms with Crippen molar-refractivity contribution in [1.82, 2.24) is 15.3 Å². The molecule has 162 valence electrons. The molecule has 5 nitrogen and oxygen atoms in total. The summed E-state index contributed by atoms with van der Waals surface area (Å²) in [6.45, 7) is 0.0407. The topological polar surface area (TPSA) is 70.2 Å². The van der Waals surface area contributed by atoms with Crippen molar-refractivity contribution in [2.75, 3.05) is 0 Å². The average molecular weight is 484 g/mol. The van der Waals surface area contributed by atoms with Crippen LogP contribution in [-0.4, -0.2) is 5.91 Å². The number of rotatable bonds is 8. The number of carbonyl (C=O) groups excluding carboxylic acids is 1. The predicted octanol–water partition coefficient (Wildman–Crippen LogP) is 5.69. The van der Waals surface area contributed by atoms with E-state index in [1.165, 1.54) is 0 Å². The van der Waals surface area contributed by atoms with Crippen molar-refractivity contribution >= 4 is 36.7 Å². The third kappa shape index (κ3) is 6.12. The van der Waals surface area contributed by atoms with Crippen LogP contribution in [0, 0.1) is 11.6 Å². The fraction of sp³-hybridized carbons (Fsp3) is 0.0952. The van der Waals surface area contributed by atoms with Crippen LogP contribution < -0.4 is 15.3 Å². The monoisotopic (exact) mass is 483 g/mol. The Kier molecular flexibility index (Phi) is 7.81. The highest BCUT2D eigenvalue weighted by atomic mass is 35.5. The van der Waals surface area contributed by atoms with Gasteiger partial charge >= 0.3 is 7.59 Å². The largest absolute Gasteiger partial charge is 0.306 e. The highest BCUT2D eigenvalue weighted by Gasteiger charge is 2.28. The first-order valence-corrected chi connectivity index (χ1v) is 11.6. The smallest absolute Gasteiger partial charge is 0.279 e. The molecule has 10 heteroatoms. The van der Waals surface area contributed by atoms with Crippen molar-refractivity contribution in [2.24, 2.45) is 0 Å². The standard InChI is InChI=1S/C21H18Cl2F2N3O2P/c22-16-8-3-1-6-14(16)12-26-31(30,27-13-15-7-2-4-9-17(15)23)28-21(29)20-18(24)10-5-11-19(20)25/h1-11H,12-13H2,(H3,26,27,28,29,30). The Morgan fingerprint density at radius 2 is 1.23 bits per heavy atom. The third-order valence-electron chi connectivity index (χ3n) is 4.35. The molecule has 0 spiro atoms. The molecule has 0 fully saturated rings. The molecular formula is C21H18Cl2F2N3O2P. The third-order valence-corrected chi connectivity index (χ3v) is 6.81. The Balaban J connectivity index is 1.84. The van der Waals surface area contributed by atoms with Gasteiger partial charge in [-0.05, 0) is 35.4 Å². The van der Waals surface area contributed by atoms with Crippen molar-refractivity contribution in [3.63, 3.8) is 0 Å². The molecule has 0 aliphatic heterocycles. The van der Waals surface area contributed by atoms with Gasteiger partial charge in [-0.3, -0.25) is 14.4 Å². The summed E-state index contributed by atoms with van der Waals surface area (Å²) in [6, 6.07) is 16.7. The van der Waals surface area contributed by atoms with Crippen LogP contribution in [0.5, 0.6) is 0 Å². The Morgan fingerprint density at radius 1 is 0.774 bits per heavy atom. The van der Waals surface area contributed by atoms with Gasteiger partial charge < -0.3 is 0 Å². The van der Waals surface area contributed by atoms with Gasteiger partial charge in [0.05, 0.1) is 0 Å². The van der Waals surface area contributed by atoms with Crippen LogP contribution in [0.25, 0.3) is 0 Å². The second kappa shape index (κ2) is 10.4. The number of nitrogens with one attached hydrogen (secondary N) is 3. The molecule has 3 rings (SSSR count). The molecule has 3 N–H and O–H groups in total. The van der Waals surface area contributed by atoms with E-state index in [9.17, 15) is 18.1 Å². The predicted molar refractivity (Wildman–Crippen MR) is 118 cm³/mol. The SMILES string of the molecule is O=C(NP(=O)(NCc1ccccc1Cl)NCc1ccccc1Cl)c1c(F)cccc1F. The molecule has 0 aromatic heterocycles. The van der Waals surface area contributed by atoms with Crippen LogP contribution >= 0.6 is 30.8 Å². The number of halogens is 4. The van der Waals surface area contributed by atoms with Gasteiger partial charge in [-0.1, -0.05) is 65.7 Å². The lowest BCUT2D eigenvalue weighted by Gasteiger charge is -2.22. The van der Waals surface area contributed by atoms with E-state index < -0.39 is 30.7 Å². The van der Waals surface area contributed by atoms with Gasteiger partial charge in [0, 0.05) is 23.1 Å². The van der Waals surface area contributed by atoms with E-state index in [0.717, 1.165) is 18.2 Å². The van der Waals surface area contributed by atoms with Gasteiger partial charge in [-0.25, -0.2) is 19.0 Å². The maximum Gasteiger partial charge on any atom is 0.306 e. The number of hydrogen-bond acceptors (Lipinski definition) is 2. The van der Waals surface area contributed by atoms with Gasteiger partial charge in [0.15, 0.2) is 0 Å². The van der Waals surface area contributed by atoms with E-state index in [-0.39, 0.29) is 13.1 Å². The molecule has 3 aromatic rings. The lowest BCUT2D eigenvalue weighted by molar-refractivity contribution is 0.0971. The minimum atomic E-state index is -3.90. The Labute approximate surface area is 188 Å². The van der Waals surface area contributed by atoms with Gasteiger partial charge in [0.1, 0.15) is 17.2 Å². The van der Waals surface area contributed by atoms with Gasteiger partial charge in [-0.2, -0.15) is 0 Å². The van der Waals surface area contributed by atoms with E-state index >= 15 is 0 Å².